The number of sulfonamides is 1. The van der Waals surface area contributed by atoms with E-state index in [1.807, 2.05) is 13.0 Å². The van der Waals surface area contributed by atoms with Gasteiger partial charge in [-0.15, -0.1) is 11.3 Å². The second kappa shape index (κ2) is 5.81. The molecule has 0 radical (unpaired) electrons. The number of thiazole rings is 1. The molecule has 21 heavy (non-hydrogen) atoms. The second-order valence-electron chi connectivity index (χ2n) is 4.47. The molecule has 0 aliphatic rings. The van der Waals surface area contributed by atoms with E-state index in [-0.39, 0.29) is 17.0 Å². The summed E-state index contributed by atoms with van der Waals surface area (Å²) in [5.41, 5.74) is 5.98. The third-order valence-electron chi connectivity index (χ3n) is 2.86. The maximum absolute atomic E-state index is 12.6. The topological polar surface area (TPSA) is 100 Å². The van der Waals surface area contributed by atoms with Crippen molar-refractivity contribution in [3.05, 3.63) is 39.8 Å². The lowest BCUT2D eigenvalue weighted by atomic mass is 10.2. The molecule has 2 rings (SSSR count). The summed E-state index contributed by atoms with van der Waals surface area (Å²) in [6.45, 7) is 2.07. The molecule has 110 valence electrons. The number of aromatic nitrogens is 1. The molecule has 0 aliphatic carbocycles. The fourth-order valence-electron chi connectivity index (χ4n) is 1.81. The van der Waals surface area contributed by atoms with Crippen molar-refractivity contribution in [3.8, 4) is 6.07 Å². The summed E-state index contributed by atoms with van der Waals surface area (Å²) in [5, 5.41) is 9.96. The Bertz CT molecular complexity index is 806. The monoisotopic (exact) mass is 322 g/mol. The SMILES string of the molecule is Cc1ncc(CN(C)S(=O)(=O)c2ccc(N)cc2C#N)s1. The number of hydrogen-bond donors (Lipinski definition) is 1. The number of benzene rings is 1. The Hall–Kier alpha value is -1.95. The van der Waals surface area contributed by atoms with Gasteiger partial charge in [-0.2, -0.15) is 9.57 Å². The lowest BCUT2D eigenvalue weighted by Gasteiger charge is -2.17. The van der Waals surface area contributed by atoms with Crippen LogP contribution in [0.15, 0.2) is 29.3 Å². The third-order valence-corrected chi connectivity index (χ3v) is 5.62. The zero-order valence-electron chi connectivity index (χ0n) is 11.6. The molecule has 0 spiro atoms. The van der Waals surface area contributed by atoms with Gasteiger partial charge in [-0.1, -0.05) is 0 Å². The average molecular weight is 322 g/mol. The lowest BCUT2D eigenvalue weighted by Crippen LogP contribution is -2.26. The Labute approximate surface area is 127 Å². The second-order valence-corrected chi connectivity index (χ2v) is 7.81. The zero-order valence-corrected chi connectivity index (χ0v) is 13.2. The van der Waals surface area contributed by atoms with Crippen LogP contribution < -0.4 is 5.73 Å². The van der Waals surface area contributed by atoms with Gasteiger partial charge < -0.3 is 5.73 Å². The highest BCUT2D eigenvalue weighted by Gasteiger charge is 2.24. The minimum atomic E-state index is -3.75. The minimum absolute atomic E-state index is 0.0389. The third kappa shape index (κ3) is 3.21. The van der Waals surface area contributed by atoms with Gasteiger partial charge in [-0.05, 0) is 25.1 Å². The van der Waals surface area contributed by atoms with Crippen LogP contribution in [0.3, 0.4) is 0 Å². The van der Waals surface area contributed by atoms with E-state index in [4.69, 9.17) is 11.0 Å². The smallest absolute Gasteiger partial charge is 0.244 e. The van der Waals surface area contributed by atoms with Crippen molar-refractivity contribution in [1.82, 2.24) is 9.29 Å². The molecule has 8 heteroatoms. The number of rotatable bonds is 4. The van der Waals surface area contributed by atoms with Gasteiger partial charge in [0, 0.05) is 30.4 Å². The molecule has 0 unspecified atom stereocenters. The van der Waals surface area contributed by atoms with Crippen LogP contribution in [0, 0.1) is 18.3 Å². The zero-order chi connectivity index (χ0) is 15.6. The fraction of sp³-hybridized carbons (Fsp3) is 0.231. The molecule has 0 aliphatic heterocycles. The Morgan fingerprint density at radius 1 is 1.48 bits per heavy atom. The summed E-state index contributed by atoms with van der Waals surface area (Å²) in [6, 6.07) is 6.06. The quantitative estimate of drug-likeness (QED) is 0.864. The van der Waals surface area contributed by atoms with E-state index in [0.717, 1.165) is 9.88 Å². The van der Waals surface area contributed by atoms with Crippen LogP contribution in [0.5, 0.6) is 0 Å². The van der Waals surface area contributed by atoms with Gasteiger partial charge in [0.15, 0.2) is 0 Å². The van der Waals surface area contributed by atoms with Gasteiger partial charge in [-0.3, -0.25) is 0 Å². The molecule has 1 heterocycles. The normalized spacial score (nSPS) is 11.5. The molecule has 0 fully saturated rings. The van der Waals surface area contributed by atoms with Crippen molar-refractivity contribution >= 4 is 27.0 Å². The van der Waals surface area contributed by atoms with Gasteiger partial charge in [-0.25, -0.2) is 13.4 Å². The average Bonchev–Trinajstić information content (AvgIpc) is 2.83. The van der Waals surface area contributed by atoms with E-state index in [1.165, 1.54) is 40.9 Å². The van der Waals surface area contributed by atoms with E-state index in [2.05, 4.69) is 4.98 Å². The molecular formula is C13H14N4O2S2. The molecule has 0 bridgehead atoms. The first kappa shape index (κ1) is 15.4. The van der Waals surface area contributed by atoms with E-state index >= 15 is 0 Å². The number of nitriles is 1. The van der Waals surface area contributed by atoms with Crippen LogP contribution in [-0.4, -0.2) is 24.8 Å². The van der Waals surface area contributed by atoms with Crippen molar-refractivity contribution in [1.29, 1.82) is 5.26 Å². The molecule has 2 aromatic rings. The molecule has 0 saturated heterocycles. The first-order valence-corrected chi connectivity index (χ1v) is 8.27. The van der Waals surface area contributed by atoms with Crippen molar-refractivity contribution in [2.45, 2.75) is 18.4 Å². The summed E-state index contributed by atoms with van der Waals surface area (Å²) in [6.07, 6.45) is 1.65. The number of aryl methyl sites for hydroxylation is 1. The number of anilines is 1. The molecule has 2 N–H and O–H groups in total. The standard InChI is InChI=1S/C13H14N4O2S2/c1-9-16-7-12(20-9)8-17(2)21(18,19)13-4-3-11(15)5-10(13)6-14/h3-5,7H,8,15H2,1-2H3. The first-order chi connectivity index (χ1) is 9.84. The van der Waals surface area contributed by atoms with Crippen LogP contribution in [0.2, 0.25) is 0 Å². The van der Waals surface area contributed by atoms with Crippen LogP contribution in [0.1, 0.15) is 15.4 Å². The predicted octanol–water partition coefficient (Wildman–Crippen LogP) is 1.73. The van der Waals surface area contributed by atoms with Crippen LogP contribution >= 0.6 is 11.3 Å². The highest BCUT2D eigenvalue weighted by molar-refractivity contribution is 7.89. The van der Waals surface area contributed by atoms with E-state index < -0.39 is 10.0 Å². The number of nitrogens with zero attached hydrogens (tertiary/aromatic N) is 3. The summed E-state index contributed by atoms with van der Waals surface area (Å²) in [5.74, 6) is 0. The molecule has 1 aromatic heterocycles. The predicted molar refractivity (Wildman–Crippen MR) is 81.1 cm³/mol. The van der Waals surface area contributed by atoms with Crippen molar-refractivity contribution in [2.75, 3.05) is 12.8 Å². The highest BCUT2D eigenvalue weighted by atomic mass is 32.2. The Morgan fingerprint density at radius 2 is 2.19 bits per heavy atom. The number of nitrogen functional groups attached to an aromatic ring is 1. The van der Waals surface area contributed by atoms with Crippen molar-refractivity contribution < 1.29 is 8.42 Å². The lowest BCUT2D eigenvalue weighted by molar-refractivity contribution is 0.469. The first-order valence-electron chi connectivity index (χ1n) is 6.02. The van der Waals surface area contributed by atoms with Gasteiger partial charge in [0.25, 0.3) is 0 Å². The van der Waals surface area contributed by atoms with Crippen LogP contribution in [0.25, 0.3) is 0 Å². The Kier molecular flexibility index (Phi) is 4.27. The minimum Gasteiger partial charge on any atom is -0.399 e. The molecule has 0 amide bonds. The van der Waals surface area contributed by atoms with Crippen molar-refractivity contribution in [3.63, 3.8) is 0 Å². The molecule has 1 aromatic carbocycles. The fourth-order valence-corrected chi connectivity index (χ4v) is 4.01. The van der Waals surface area contributed by atoms with Gasteiger partial charge in [0.1, 0.15) is 11.0 Å². The maximum Gasteiger partial charge on any atom is 0.244 e. The maximum atomic E-state index is 12.6. The summed E-state index contributed by atoms with van der Waals surface area (Å²) < 4.78 is 26.3. The van der Waals surface area contributed by atoms with Gasteiger partial charge in [0.2, 0.25) is 10.0 Å². The summed E-state index contributed by atoms with van der Waals surface area (Å²) >= 11 is 1.44. The number of hydrogen-bond acceptors (Lipinski definition) is 6. The highest BCUT2D eigenvalue weighted by Crippen LogP contribution is 2.23. The van der Waals surface area contributed by atoms with E-state index in [0.29, 0.717) is 5.69 Å². The van der Waals surface area contributed by atoms with E-state index in [1.54, 1.807) is 6.20 Å². The largest absolute Gasteiger partial charge is 0.399 e. The molecule has 0 atom stereocenters. The molecule has 0 saturated carbocycles. The van der Waals surface area contributed by atoms with E-state index in [9.17, 15) is 8.42 Å². The number of nitrogens with two attached hydrogens (primary N) is 1. The summed E-state index contributed by atoms with van der Waals surface area (Å²) in [4.78, 5) is 4.90. The molecular weight excluding hydrogens is 308 g/mol. The molecule has 6 nitrogen and oxygen atoms in total. The Balaban J connectivity index is 2.35. The summed E-state index contributed by atoms with van der Waals surface area (Å²) in [7, 11) is -2.28. The van der Waals surface area contributed by atoms with Gasteiger partial charge in [0.05, 0.1) is 10.6 Å². The van der Waals surface area contributed by atoms with Crippen molar-refractivity contribution in [2.24, 2.45) is 0 Å². The van der Waals surface area contributed by atoms with Crippen LogP contribution in [-0.2, 0) is 16.6 Å². The Morgan fingerprint density at radius 3 is 2.76 bits per heavy atom. The van der Waals surface area contributed by atoms with Gasteiger partial charge >= 0.3 is 0 Å². The van der Waals surface area contributed by atoms with Crippen LogP contribution in [0.4, 0.5) is 5.69 Å².